The van der Waals surface area contributed by atoms with Gasteiger partial charge in [0.2, 0.25) is 5.79 Å². The van der Waals surface area contributed by atoms with Crippen LogP contribution in [0.1, 0.15) is 5.76 Å². The van der Waals surface area contributed by atoms with E-state index in [0.29, 0.717) is 18.9 Å². The van der Waals surface area contributed by atoms with Gasteiger partial charge in [0.1, 0.15) is 30.9 Å². The average molecular weight is 301 g/mol. The largest absolute Gasteiger partial charge is 0.455 e. The molecule has 0 bridgehead atoms. The van der Waals surface area contributed by atoms with Crippen molar-refractivity contribution in [2.45, 2.75) is 18.4 Å². The summed E-state index contributed by atoms with van der Waals surface area (Å²) >= 11 is 0. The first-order chi connectivity index (χ1) is 10.8. The lowest BCUT2D eigenvalue weighted by Crippen LogP contribution is -2.34. The van der Waals surface area contributed by atoms with Gasteiger partial charge in [-0.05, 0) is 12.1 Å². The Bertz CT molecular complexity index is 737. The van der Waals surface area contributed by atoms with Crippen molar-refractivity contribution in [1.29, 1.82) is 0 Å². The van der Waals surface area contributed by atoms with Gasteiger partial charge in [-0.2, -0.15) is 5.10 Å². The number of hydrogen-bond donors (Lipinski definition) is 1. The Morgan fingerprint density at radius 2 is 2.27 bits per heavy atom. The van der Waals surface area contributed by atoms with E-state index >= 15 is 0 Å². The quantitative estimate of drug-likeness (QED) is 0.782. The van der Waals surface area contributed by atoms with Crippen molar-refractivity contribution in [2.24, 2.45) is 0 Å². The van der Waals surface area contributed by atoms with Crippen molar-refractivity contribution in [3.8, 4) is 0 Å². The van der Waals surface area contributed by atoms with Gasteiger partial charge in [-0.3, -0.25) is 0 Å². The summed E-state index contributed by atoms with van der Waals surface area (Å²) in [6.07, 6.45) is 2.64. The molecular weight excluding hydrogens is 286 g/mol. The molecule has 1 saturated heterocycles. The van der Waals surface area contributed by atoms with Crippen LogP contribution in [0.4, 0.5) is 0 Å². The molecule has 114 valence electrons. The van der Waals surface area contributed by atoms with E-state index in [-0.39, 0.29) is 6.61 Å². The molecule has 0 radical (unpaired) electrons. The Labute approximate surface area is 126 Å². The number of aliphatic hydroxyl groups is 1. The highest BCUT2D eigenvalue weighted by Crippen LogP contribution is 2.38. The van der Waals surface area contributed by atoms with Gasteiger partial charge in [0.05, 0.1) is 13.2 Å². The molecule has 2 aromatic heterocycles. The predicted octanol–water partition coefficient (Wildman–Crippen LogP) is 1.28. The highest BCUT2D eigenvalue weighted by atomic mass is 16.8. The van der Waals surface area contributed by atoms with E-state index in [1.54, 1.807) is 11.0 Å². The van der Waals surface area contributed by atoms with E-state index < -0.39 is 11.9 Å². The molecule has 7 heteroatoms. The van der Waals surface area contributed by atoms with Crippen LogP contribution < -0.4 is 0 Å². The van der Waals surface area contributed by atoms with Gasteiger partial charge in [0.25, 0.3) is 0 Å². The van der Waals surface area contributed by atoms with Crippen LogP contribution in [0.2, 0.25) is 0 Å². The summed E-state index contributed by atoms with van der Waals surface area (Å²) < 4.78 is 19.3. The van der Waals surface area contributed by atoms with E-state index in [4.69, 9.17) is 13.9 Å². The molecule has 1 aromatic carbocycles. The van der Waals surface area contributed by atoms with Crippen LogP contribution in [0, 0.1) is 0 Å². The maximum Gasteiger partial charge on any atom is 0.249 e. The Kier molecular flexibility index (Phi) is 3.18. The number of aromatic nitrogens is 3. The van der Waals surface area contributed by atoms with Crippen LogP contribution in [0.5, 0.6) is 0 Å². The molecule has 3 aromatic rings. The molecule has 0 unspecified atom stereocenters. The van der Waals surface area contributed by atoms with Crippen molar-refractivity contribution in [3.05, 3.63) is 48.7 Å². The molecule has 0 spiro atoms. The molecule has 3 heterocycles. The number of ether oxygens (including phenoxy) is 2. The highest BCUT2D eigenvalue weighted by Gasteiger charge is 2.46. The van der Waals surface area contributed by atoms with E-state index in [2.05, 4.69) is 10.1 Å². The molecule has 1 aliphatic heterocycles. The topological polar surface area (TPSA) is 82.5 Å². The fourth-order valence-corrected chi connectivity index (χ4v) is 2.64. The van der Waals surface area contributed by atoms with Crippen molar-refractivity contribution >= 4 is 11.0 Å². The standard InChI is InChI=1S/C15H15N3O4/c19-6-12-7-20-15(22-12,8-18-10-16-9-17-18)14-5-11-3-1-2-4-13(11)21-14/h1-5,9-10,12,19H,6-8H2/t12-,15-/m0/s1. The Hall–Kier alpha value is -2.22. The third-order valence-electron chi connectivity index (χ3n) is 3.70. The normalized spacial score (nSPS) is 25.0. The average Bonchev–Trinajstić information content (AvgIpc) is 3.26. The van der Waals surface area contributed by atoms with Gasteiger partial charge in [-0.1, -0.05) is 18.2 Å². The maximum atomic E-state index is 9.34. The minimum atomic E-state index is -1.11. The molecule has 0 amide bonds. The number of benzene rings is 1. The van der Waals surface area contributed by atoms with Gasteiger partial charge in [-0.25, -0.2) is 9.67 Å². The summed E-state index contributed by atoms with van der Waals surface area (Å²) in [6, 6.07) is 9.60. The van der Waals surface area contributed by atoms with Gasteiger partial charge in [0.15, 0.2) is 5.76 Å². The van der Waals surface area contributed by atoms with E-state index in [9.17, 15) is 5.11 Å². The summed E-state index contributed by atoms with van der Waals surface area (Å²) in [5.74, 6) is -0.555. The summed E-state index contributed by atoms with van der Waals surface area (Å²) in [5, 5.41) is 14.4. The number of nitrogens with zero attached hydrogens (tertiary/aromatic N) is 3. The van der Waals surface area contributed by atoms with Crippen LogP contribution >= 0.6 is 0 Å². The van der Waals surface area contributed by atoms with Gasteiger partial charge in [-0.15, -0.1) is 0 Å². The number of fused-ring (bicyclic) bond motifs is 1. The number of hydrogen-bond acceptors (Lipinski definition) is 6. The minimum absolute atomic E-state index is 0.112. The SMILES string of the molecule is OC[C@H]1CO[C@](Cn2cncn2)(c2cc3ccccc3o2)O1. The maximum absolute atomic E-state index is 9.34. The third-order valence-corrected chi connectivity index (χ3v) is 3.70. The Balaban J connectivity index is 1.76. The number of rotatable bonds is 4. The van der Waals surface area contributed by atoms with E-state index in [1.165, 1.54) is 6.33 Å². The molecule has 22 heavy (non-hydrogen) atoms. The fourth-order valence-electron chi connectivity index (χ4n) is 2.64. The van der Waals surface area contributed by atoms with Crippen molar-refractivity contribution in [1.82, 2.24) is 14.8 Å². The van der Waals surface area contributed by atoms with Gasteiger partial charge >= 0.3 is 0 Å². The smallest absolute Gasteiger partial charge is 0.249 e. The zero-order chi connectivity index (χ0) is 15.0. The number of para-hydroxylation sites is 1. The van der Waals surface area contributed by atoms with Crippen LogP contribution in [0.3, 0.4) is 0 Å². The summed E-state index contributed by atoms with van der Waals surface area (Å²) in [7, 11) is 0. The second kappa shape index (κ2) is 5.20. The zero-order valence-electron chi connectivity index (χ0n) is 11.8. The first-order valence-electron chi connectivity index (χ1n) is 7.03. The lowest BCUT2D eigenvalue weighted by Gasteiger charge is -2.25. The van der Waals surface area contributed by atoms with E-state index in [1.807, 2.05) is 30.3 Å². The van der Waals surface area contributed by atoms with Crippen LogP contribution in [0.15, 0.2) is 47.4 Å². The summed E-state index contributed by atoms with van der Waals surface area (Å²) in [6.45, 7) is 0.477. The molecule has 1 aliphatic rings. The number of furan rings is 1. The van der Waals surface area contributed by atoms with Crippen molar-refractivity contribution in [2.75, 3.05) is 13.2 Å². The van der Waals surface area contributed by atoms with Crippen LogP contribution in [-0.4, -0.2) is 39.2 Å². The van der Waals surface area contributed by atoms with Crippen molar-refractivity contribution in [3.63, 3.8) is 0 Å². The van der Waals surface area contributed by atoms with Gasteiger partial charge < -0.3 is 19.0 Å². The fraction of sp³-hybridized carbons (Fsp3) is 0.333. The second-order valence-electron chi connectivity index (χ2n) is 5.23. The zero-order valence-corrected chi connectivity index (χ0v) is 11.8. The Morgan fingerprint density at radius 3 is 3.00 bits per heavy atom. The molecule has 4 rings (SSSR count). The number of aliphatic hydroxyl groups excluding tert-OH is 1. The molecular formula is C15H15N3O4. The second-order valence-corrected chi connectivity index (χ2v) is 5.23. The summed E-state index contributed by atoms with van der Waals surface area (Å²) in [4.78, 5) is 3.93. The van der Waals surface area contributed by atoms with Crippen LogP contribution in [0.25, 0.3) is 11.0 Å². The molecule has 2 atom stereocenters. The molecule has 1 fully saturated rings. The lowest BCUT2D eigenvalue weighted by molar-refractivity contribution is -0.202. The Morgan fingerprint density at radius 1 is 1.36 bits per heavy atom. The molecule has 0 aliphatic carbocycles. The van der Waals surface area contributed by atoms with Gasteiger partial charge in [0, 0.05) is 5.39 Å². The molecule has 0 saturated carbocycles. The molecule has 1 N–H and O–H groups in total. The van der Waals surface area contributed by atoms with E-state index in [0.717, 1.165) is 11.0 Å². The third kappa shape index (κ3) is 2.19. The predicted molar refractivity (Wildman–Crippen MR) is 75.8 cm³/mol. The molecule has 7 nitrogen and oxygen atoms in total. The first kappa shape index (κ1) is 13.4. The van der Waals surface area contributed by atoms with Crippen molar-refractivity contribution < 1.29 is 19.0 Å². The monoisotopic (exact) mass is 301 g/mol. The summed E-state index contributed by atoms with van der Waals surface area (Å²) in [5.41, 5.74) is 0.759. The first-order valence-corrected chi connectivity index (χ1v) is 7.03. The lowest BCUT2D eigenvalue weighted by atomic mass is 10.2. The van der Waals surface area contributed by atoms with Crippen LogP contribution in [-0.2, 0) is 21.8 Å². The minimum Gasteiger partial charge on any atom is -0.455 e. The highest BCUT2D eigenvalue weighted by molar-refractivity contribution is 5.77.